The number of nitrogens with one attached hydrogen (secondary N) is 2. The molecule has 0 aliphatic carbocycles. The zero-order valence-corrected chi connectivity index (χ0v) is 13.5. The Morgan fingerprint density at radius 1 is 1.21 bits per heavy atom. The Hall–Kier alpha value is -2.47. The molecule has 6 heteroatoms. The fourth-order valence-electron chi connectivity index (χ4n) is 2.98. The number of hydrogen-bond donors (Lipinski definition) is 2. The van der Waals surface area contributed by atoms with E-state index in [4.69, 9.17) is 4.74 Å². The van der Waals surface area contributed by atoms with Crippen LogP contribution >= 0.6 is 0 Å². The molecular formula is C18H20FN3O2. The quantitative estimate of drug-likeness (QED) is 0.907. The molecule has 2 aromatic rings. The smallest absolute Gasteiger partial charge is 0.319 e. The third kappa shape index (κ3) is 3.71. The van der Waals surface area contributed by atoms with Crippen molar-refractivity contribution in [2.75, 3.05) is 18.5 Å². The first-order valence-corrected chi connectivity index (χ1v) is 7.93. The van der Waals surface area contributed by atoms with E-state index in [1.165, 1.54) is 12.1 Å². The van der Waals surface area contributed by atoms with Crippen molar-refractivity contribution < 1.29 is 13.9 Å². The number of hydrogen-bond acceptors (Lipinski definition) is 3. The van der Waals surface area contributed by atoms with Gasteiger partial charge in [0, 0.05) is 30.8 Å². The first-order valence-electron chi connectivity index (χ1n) is 7.93. The highest BCUT2D eigenvalue weighted by molar-refractivity contribution is 5.89. The van der Waals surface area contributed by atoms with E-state index in [-0.39, 0.29) is 11.8 Å². The third-order valence-electron chi connectivity index (χ3n) is 4.25. The molecule has 126 valence electrons. The number of ether oxygens (including phenoxy) is 1. The topological polar surface area (TPSA) is 63.2 Å². The summed E-state index contributed by atoms with van der Waals surface area (Å²) in [7, 11) is 0. The minimum absolute atomic E-state index is 0.294. The molecule has 1 saturated heterocycles. The van der Waals surface area contributed by atoms with E-state index in [0.29, 0.717) is 31.7 Å². The van der Waals surface area contributed by atoms with Crippen molar-refractivity contribution in [2.24, 2.45) is 0 Å². The average Bonchev–Trinajstić information content (AvgIpc) is 2.56. The number of anilines is 1. The second-order valence-corrected chi connectivity index (χ2v) is 5.97. The Labute approximate surface area is 140 Å². The van der Waals surface area contributed by atoms with Crippen LogP contribution in [-0.4, -0.2) is 24.2 Å². The van der Waals surface area contributed by atoms with Crippen molar-refractivity contribution in [3.63, 3.8) is 0 Å². The van der Waals surface area contributed by atoms with Gasteiger partial charge in [-0.05, 0) is 49.6 Å². The van der Waals surface area contributed by atoms with Crippen molar-refractivity contribution in [3.8, 4) is 0 Å². The van der Waals surface area contributed by atoms with E-state index in [9.17, 15) is 9.18 Å². The lowest BCUT2D eigenvalue weighted by atomic mass is 9.83. The first-order chi connectivity index (χ1) is 11.6. The van der Waals surface area contributed by atoms with Gasteiger partial charge in [-0.2, -0.15) is 0 Å². The number of benzene rings is 1. The van der Waals surface area contributed by atoms with Gasteiger partial charge in [-0.1, -0.05) is 12.1 Å². The van der Waals surface area contributed by atoms with Crippen LogP contribution in [0.1, 0.15) is 24.1 Å². The number of urea groups is 1. The molecule has 5 nitrogen and oxygen atoms in total. The molecule has 0 unspecified atom stereocenters. The number of carbonyl (C=O) groups excluding carboxylic acids is 1. The molecule has 2 amide bonds. The molecule has 3 rings (SSSR count). The summed E-state index contributed by atoms with van der Waals surface area (Å²) in [5, 5.41) is 5.89. The number of pyridine rings is 1. The van der Waals surface area contributed by atoms with Crippen molar-refractivity contribution in [2.45, 2.75) is 25.3 Å². The van der Waals surface area contributed by atoms with Gasteiger partial charge in [-0.15, -0.1) is 0 Å². The van der Waals surface area contributed by atoms with Gasteiger partial charge in [0.15, 0.2) is 0 Å². The van der Waals surface area contributed by atoms with Crippen molar-refractivity contribution in [1.82, 2.24) is 10.3 Å². The molecule has 1 fully saturated rings. The highest BCUT2D eigenvalue weighted by Gasteiger charge is 2.36. The van der Waals surface area contributed by atoms with E-state index < -0.39 is 5.54 Å². The Bertz CT molecular complexity index is 712. The van der Waals surface area contributed by atoms with Crippen molar-refractivity contribution in [3.05, 3.63) is 59.7 Å². The van der Waals surface area contributed by atoms with Gasteiger partial charge < -0.3 is 15.4 Å². The SMILES string of the molecule is Cc1cc(NC(=O)NC2(c3ccc(F)cc3)CCOCC2)ccn1. The lowest BCUT2D eigenvalue weighted by molar-refractivity contribution is 0.0418. The molecule has 0 saturated carbocycles. The molecule has 2 N–H and O–H groups in total. The average molecular weight is 329 g/mol. The standard InChI is InChI=1S/C18H20FN3O2/c1-13-12-16(6-9-20-13)21-17(23)22-18(7-10-24-11-8-18)14-2-4-15(19)5-3-14/h2-6,9,12H,7-8,10-11H2,1H3,(H2,20,21,22,23). The second kappa shape index (κ2) is 6.97. The number of aromatic nitrogens is 1. The van der Waals surface area contributed by atoms with E-state index >= 15 is 0 Å². The van der Waals surface area contributed by atoms with Crippen LogP contribution in [0.2, 0.25) is 0 Å². The van der Waals surface area contributed by atoms with Crippen LogP contribution in [0.25, 0.3) is 0 Å². The Kier molecular flexibility index (Phi) is 4.76. The minimum atomic E-state index is -0.557. The lowest BCUT2D eigenvalue weighted by Crippen LogP contribution is -2.50. The Balaban J connectivity index is 1.79. The molecule has 1 aliphatic rings. The van der Waals surface area contributed by atoms with Crippen LogP contribution in [0.5, 0.6) is 0 Å². The van der Waals surface area contributed by atoms with Gasteiger partial charge >= 0.3 is 6.03 Å². The fourth-order valence-corrected chi connectivity index (χ4v) is 2.98. The summed E-state index contributed by atoms with van der Waals surface area (Å²) in [6.45, 7) is 2.96. The number of rotatable bonds is 3. The van der Waals surface area contributed by atoms with Crippen LogP contribution in [0.3, 0.4) is 0 Å². The number of amides is 2. The number of aryl methyl sites for hydroxylation is 1. The maximum Gasteiger partial charge on any atom is 0.319 e. The maximum absolute atomic E-state index is 13.2. The van der Waals surface area contributed by atoms with Crippen LogP contribution in [0.4, 0.5) is 14.9 Å². The summed E-state index contributed by atoms with van der Waals surface area (Å²) in [6.07, 6.45) is 2.93. The molecular weight excluding hydrogens is 309 g/mol. The largest absolute Gasteiger partial charge is 0.381 e. The van der Waals surface area contributed by atoms with E-state index in [1.807, 2.05) is 6.92 Å². The monoisotopic (exact) mass is 329 g/mol. The van der Waals surface area contributed by atoms with Gasteiger partial charge in [0.1, 0.15) is 5.82 Å². The highest BCUT2D eigenvalue weighted by Crippen LogP contribution is 2.32. The van der Waals surface area contributed by atoms with E-state index in [0.717, 1.165) is 11.3 Å². The maximum atomic E-state index is 13.2. The molecule has 1 aromatic carbocycles. The molecule has 0 radical (unpaired) electrons. The fraction of sp³-hybridized carbons (Fsp3) is 0.333. The van der Waals surface area contributed by atoms with Crippen LogP contribution in [-0.2, 0) is 10.3 Å². The molecule has 1 aliphatic heterocycles. The van der Waals surface area contributed by atoms with Gasteiger partial charge in [0.05, 0.1) is 5.54 Å². The van der Waals surface area contributed by atoms with Crippen molar-refractivity contribution >= 4 is 11.7 Å². The van der Waals surface area contributed by atoms with E-state index in [2.05, 4.69) is 15.6 Å². The molecule has 0 spiro atoms. The molecule has 2 heterocycles. The summed E-state index contributed by atoms with van der Waals surface area (Å²) in [6, 6.07) is 9.51. The van der Waals surface area contributed by atoms with E-state index in [1.54, 1.807) is 30.5 Å². The summed E-state index contributed by atoms with van der Waals surface area (Å²) >= 11 is 0. The van der Waals surface area contributed by atoms with Gasteiger partial charge in [-0.25, -0.2) is 9.18 Å². The van der Waals surface area contributed by atoms with Gasteiger partial charge in [0.2, 0.25) is 0 Å². The number of carbonyl (C=O) groups is 1. The summed E-state index contributed by atoms with van der Waals surface area (Å²) < 4.78 is 18.7. The number of nitrogens with zero attached hydrogens (tertiary/aromatic N) is 1. The second-order valence-electron chi connectivity index (χ2n) is 5.97. The van der Waals surface area contributed by atoms with Gasteiger partial charge in [0.25, 0.3) is 0 Å². The molecule has 0 atom stereocenters. The zero-order chi connectivity index (χ0) is 17.0. The highest BCUT2D eigenvalue weighted by atomic mass is 19.1. The van der Waals surface area contributed by atoms with Crippen LogP contribution in [0, 0.1) is 12.7 Å². The summed E-state index contributed by atoms with van der Waals surface area (Å²) in [5.74, 6) is -0.294. The van der Waals surface area contributed by atoms with Crippen LogP contribution in [0.15, 0.2) is 42.6 Å². The summed E-state index contributed by atoms with van der Waals surface area (Å²) in [4.78, 5) is 16.6. The molecule has 1 aromatic heterocycles. The van der Waals surface area contributed by atoms with Gasteiger partial charge in [-0.3, -0.25) is 4.98 Å². The third-order valence-corrected chi connectivity index (χ3v) is 4.25. The Morgan fingerprint density at radius 2 is 1.92 bits per heavy atom. The predicted octanol–water partition coefficient (Wildman–Crippen LogP) is 3.36. The lowest BCUT2D eigenvalue weighted by Gasteiger charge is -2.38. The number of halogens is 1. The molecule has 24 heavy (non-hydrogen) atoms. The minimum Gasteiger partial charge on any atom is -0.381 e. The normalized spacial score (nSPS) is 16.4. The Morgan fingerprint density at radius 3 is 2.58 bits per heavy atom. The van der Waals surface area contributed by atoms with Crippen LogP contribution < -0.4 is 10.6 Å². The van der Waals surface area contributed by atoms with Crippen molar-refractivity contribution in [1.29, 1.82) is 0 Å². The zero-order valence-electron chi connectivity index (χ0n) is 13.5. The first kappa shape index (κ1) is 16.4. The predicted molar refractivity (Wildman–Crippen MR) is 89.3 cm³/mol. The summed E-state index contributed by atoms with van der Waals surface area (Å²) in [5.41, 5.74) is 1.83. The molecule has 0 bridgehead atoms.